The molecule has 0 spiro atoms. The monoisotopic (exact) mass is 442 g/mol. The van der Waals surface area contributed by atoms with Crippen LogP contribution >= 0.6 is 11.8 Å². The zero-order chi connectivity index (χ0) is 22.0. The van der Waals surface area contributed by atoms with Crippen molar-refractivity contribution < 1.29 is 14.0 Å². The maximum atomic E-state index is 13.2. The Labute approximate surface area is 185 Å². The summed E-state index contributed by atoms with van der Waals surface area (Å²) in [5.74, 6) is 0.0203. The Morgan fingerprint density at radius 1 is 1.32 bits per heavy atom. The average Bonchev–Trinajstić information content (AvgIpc) is 3.37. The lowest BCUT2D eigenvalue weighted by atomic mass is 9.87. The Morgan fingerprint density at radius 3 is 2.68 bits per heavy atom. The number of aromatic nitrogens is 1. The quantitative estimate of drug-likeness (QED) is 0.730. The van der Waals surface area contributed by atoms with Crippen molar-refractivity contribution >= 4 is 28.7 Å². The highest BCUT2D eigenvalue weighted by Crippen LogP contribution is 2.41. The van der Waals surface area contributed by atoms with Crippen molar-refractivity contribution in [3.63, 3.8) is 0 Å². The maximum absolute atomic E-state index is 13.2. The molecule has 31 heavy (non-hydrogen) atoms. The molecular weight excluding hydrogens is 415 g/mol. The summed E-state index contributed by atoms with van der Waals surface area (Å²) in [6.07, 6.45) is 4.25. The number of carbonyl (C=O) groups excluding carboxylic acids is 2. The van der Waals surface area contributed by atoms with Crippen LogP contribution in [0.1, 0.15) is 55.2 Å². The van der Waals surface area contributed by atoms with Gasteiger partial charge in [0.2, 0.25) is 0 Å². The first-order chi connectivity index (χ1) is 14.8. The SMILES string of the molecule is C[C@H](NC1=NC(=O)[C@@](C)(CC2CCN(C(=O)c3ccc[nH]3)CC2)S1)c1ccc(F)cc1. The molecule has 2 atom stereocenters. The maximum Gasteiger partial charge on any atom is 0.270 e. The minimum Gasteiger partial charge on any atom is -0.358 e. The first kappa shape index (κ1) is 21.6. The Balaban J connectivity index is 1.30. The summed E-state index contributed by atoms with van der Waals surface area (Å²) in [6, 6.07) is 9.87. The van der Waals surface area contributed by atoms with E-state index in [0.717, 1.165) is 24.8 Å². The summed E-state index contributed by atoms with van der Waals surface area (Å²) >= 11 is 1.48. The minimum atomic E-state index is -0.596. The molecule has 1 fully saturated rings. The number of hydrogen-bond acceptors (Lipinski definition) is 4. The molecule has 0 aliphatic carbocycles. The standard InChI is InChI=1S/C23H27FN4O2S/c1-15(17-5-7-18(24)8-6-17)26-22-27-21(30)23(2,31-22)14-16-9-12-28(13-10-16)20(29)19-4-3-11-25-19/h3-8,11,15-16,25H,9-10,12-14H2,1-2H3,(H,26,27,30)/t15-,23+/m0/s1. The van der Waals surface area contributed by atoms with Crippen molar-refractivity contribution in [3.8, 4) is 0 Å². The van der Waals surface area contributed by atoms with Crippen molar-refractivity contribution in [2.45, 2.75) is 43.9 Å². The number of nitrogens with zero attached hydrogens (tertiary/aromatic N) is 2. The van der Waals surface area contributed by atoms with E-state index in [1.165, 1.54) is 23.9 Å². The Hall–Kier alpha value is -2.61. The van der Waals surface area contributed by atoms with E-state index in [1.54, 1.807) is 24.4 Å². The van der Waals surface area contributed by atoms with Gasteiger partial charge in [-0.1, -0.05) is 23.9 Å². The number of H-pyrrole nitrogens is 1. The predicted octanol–water partition coefficient (Wildman–Crippen LogP) is 4.14. The molecule has 2 amide bonds. The lowest BCUT2D eigenvalue weighted by molar-refractivity contribution is -0.119. The van der Waals surface area contributed by atoms with Gasteiger partial charge in [0.1, 0.15) is 16.3 Å². The first-order valence-electron chi connectivity index (χ1n) is 10.6. The zero-order valence-electron chi connectivity index (χ0n) is 17.7. The summed E-state index contributed by atoms with van der Waals surface area (Å²) in [7, 11) is 0. The lowest BCUT2D eigenvalue weighted by Gasteiger charge is -2.34. The molecule has 164 valence electrons. The van der Waals surface area contributed by atoms with Gasteiger partial charge in [0.05, 0.1) is 6.04 Å². The van der Waals surface area contributed by atoms with Crippen molar-refractivity contribution in [2.75, 3.05) is 13.1 Å². The molecule has 8 heteroatoms. The third-order valence-corrected chi connectivity index (χ3v) is 7.29. The molecule has 4 rings (SSSR count). The third kappa shape index (κ3) is 4.84. The van der Waals surface area contributed by atoms with Gasteiger partial charge < -0.3 is 15.2 Å². The molecule has 1 aromatic heterocycles. The Kier molecular flexibility index (Phi) is 6.18. The van der Waals surface area contributed by atoms with E-state index < -0.39 is 4.75 Å². The van der Waals surface area contributed by atoms with E-state index in [0.29, 0.717) is 29.9 Å². The van der Waals surface area contributed by atoms with Crippen LogP contribution in [0.2, 0.25) is 0 Å². The summed E-state index contributed by atoms with van der Waals surface area (Å²) in [5.41, 5.74) is 1.55. The van der Waals surface area contributed by atoms with Gasteiger partial charge in [0.15, 0.2) is 5.17 Å². The van der Waals surface area contributed by atoms with Gasteiger partial charge in [-0.3, -0.25) is 9.59 Å². The molecular formula is C23H27FN4O2S. The van der Waals surface area contributed by atoms with E-state index in [2.05, 4.69) is 15.3 Å². The van der Waals surface area contributed by atoms with Crippen LogP contribution in [0.3, 0.4) is 0 Å². The highest BCUT2D eigenvalue weighted by atomic mass is 32.2. The molecule has 2 aliphatic rings. The molecule has 0 saturated carbocycles. The molecule has 6 nitrogen and oxygen atoms in total. The van der Waals surface area contributed by atoms with Gasteiger partial charge in [-0.25, -0.2) is 4.39 Å². The predicted molar refractivity (Wildman–Crippen MR) is 120 cm³/mol. The van der Waals surface area contributed by atoms with Crippen LogP contribution in [-0.2, 0) is 4.79 Å². The molecule has 0 radical (unpaired) electrons. The third-order valence-electron chi connectivity index (χ3n) is 6.10. The average molecular weight is 443 g/mol. The van der Waals surface area contributed by atoms with Gasteiger partial charge in [-0.05, 0) is 68.9 Å². The summed E-state index contributed by atoms with van der Waals surface area (Å²) < 4.78 is 12.6. The number of amidine groups is 1. The number of aliphatic imine (C=N–C) groups is 1. The summed E-state index contributed by atoms with van der Waals surface area (Å²) in [4.78, 5) is 34.3. The Bertz CT molecular complexity index is 968. The number of carbonyl (C=O) groups is 2. The van der Waals surface area contributed by atoms with Crippen LogP contribution < -0.4 is 5.32 Å². The van der Waals surface area contributed by atoms with Gasteiger partial charge in [0.25, 0.3) is 11.8 Å². The molecule has 0 bridgehead atoms. The fourth-order valence-corrected chi connectivity index (χ4v) is 5.47. The van der Waals surface area contributed by atoms with Crippen molar-refractivity contribution in [2.24, 2.45) is 10.9 Å². The molecule has 2 aliphatic heterocycles. The van der Waals surface area contributed by atoms with Crippen LogP contribution in [0.25, 0.3) is 0 Å². The van der Waals surface area contributed by atoms with E-state index >= 15 is 0 Å². The fraction of sp³-hybridized carbons (Fsp3) is 0.435. The summed E-state index contributed by atoms with van der Waals surface area (Å²) in [6.45, 7) is 5.32. The van der Waals surface area contributed by atoms with Crippen LogP contribution in [0.5, 0.6) is 0 Å². The van der Waals surface area contributed by atoms with Crippen LogP contribution in [-0.4, -0.2) is 44.7 Å². The van der Waals surface area contributed by atoms with E-state index in [-0.39, 0.29) is 23.7 Å². The van der Waals surface area contributed by atoms with Crippen LogP contribution in [0.4, 0.5) is 4.39 Å². The van der Waals surface area contributed by atoms with Crippen LogP contribution in [0.15, 0.2) is 47.6 Å². The molecule has 2 aromatic rings. The molecule has 2 N–H and O–H groups in total. The summed E-state index contributed by atoms with van der Waals surface area (Å²) in [5, 5.41) is 3.90. The number of likely N-dealkylation sites (tertiary alicyclic amines) is 1. The first-order valence-corrected chi connectivity index (χ1v) is 11.4. The molecule has 1 aromatic carbocycles. The molecule has 0 unspecified atom stereocenters. The van der Waals surface area contributed by atoms with Crippen molar-refractivity contribution in [1.82, 2.24) is 15.2 Å². The number of hydrogen-bond donors (Lipinski definition) is 2. The highest BCUT2D eigenvalue weighted by Gasteiger charge is 2.43. The van der Waals surface area contributed by atoms with Gasteiger partial charge in [-0.2, -0.15) is 4.99 Å². The van der Waals surface area contributed by atoms with E-state index in [9.17, 15) is 14.0 Å². The fourth-order valence-electron chi connectivity index (χ4n) is 4.23. The number of halogens is 1. The number of benzene rings is 1. The normalized spacial score (nSPS) is 23.0. The van der Waals surface area contributed by atoms with Gasteiger partial charge >= 0.3 is 0 Å². The number of aromatic amines is 1. The topological polar surface area (TPSA) is 77.6 Å². The lowest BCUT2D eigenvalue weighted by Crippen LogP contribution is -2.41. The number of piperidine rings is 1. The Morgan fingerprint density at radius 2 is 2.03 bits per heavy atom. The second-order valence-electron chi connectivity index (χ2n) is 8.50. The largest absolute Gasteiger partial charge is 0.358 e. The smallest absolute Gasteiger partial charge is 0.270 e. The zero-order valence-corrected chi connectivity index (χ0v) is 18.5. The number of rotatable bonds is 5. The van der Waals surface area contributed by atoms with Gasteiger partial charge in [0, 0.05) is 19.3 Å². The number of thioether (sulfide) groups is 1. The van der Waals surface area contributed by atoms with E-state index in [4.69, 9.17) is 0 Å². The number of nitrogens with one attached hydrogen (secondary N) is 2. The van der Waals surface area contributed by atoms with Crippen molar-refractivity contribution in [1.29, 1.82) is 0 Å². The number of amides is 2. The van der Waals surface area contributed by atoms with Gasteiger partial charge in [-0.15, -0.1) is 0 Å². The second kappa shape index (κ2) is 8.86. The highest BCUT2D eigenvalue weighted by molar-refractivity contribution is 8.16. The molecule has 1 saturated heterocycles. The van der Waals surface area contributed by atoms with E-state index in [1.807, 2.05) is 24.8 Å². The second-order valence-corrected chi connectivity index (χ2v) is 9.99. The molecule has 3 heterocycles. The van der Waals surface area contributed by atoms with Crippen molar-refractivity contribution in [3.05, 3.63) is 59.7 Å². The minimum absolute atomic E-state index is 0.0329. The van der Waals surface area contributed by atoms with Crippen LogP contribution in [0, 0.1) is 11.7 Å².